The van der Waals surface area contributed by atoms with Gasteiger partial charge in [0.25, 0.3) is 0 Å². The van der Waals surface area contributed by atoms with Crippen molar-refractivity contribution in [2.45, 2.75) is 19.4 Å². The van der Waals surface area contributed by atoms with E-state index >= 15 is 0 Å². The zero-order valence-electron chi connectivity index (χ0n) is 21.8. The minimum absolute atomic E-state index is 0.564. The van der Waals surface area contributed by atoms with Crippen molar-refractivity contribution in [2.75, 3.05) is 32.2 Å². The van der Waals surface area contributed by atoms with Crippen LogP contribution >= 0.6 is 11.6 Å². The molecule has 0 fully saturated rings. The highest BCUT2D eigenvalue weighted by molar-refractivity contribution is 6.18. The molecular weight excluding hydrogens is 490 g/mol. The number of nitrogens with one attached hydrogen (secondary N) is 1. The number of hydrogen-bond acceptors (Lipinski definition) is 3. The van der Waals surface area contributed by atoms with Gasteiger partial charge in [-0.15, -0.1) is 11.6 Å². The molecule has 4 heteroatoms. The van der Waals surface area contributed by atoms with Crippen molar-refractivity contribution in [1.82, 2.24) is 5.32 Å². The minimum Gasteiger partial charge on any atom is -0.494 e. The van der Waals surface area contributed by atoms with Crippen LogP contribution in [0.3, 0.4) is 0 Å². The van der Waals surface area contributed by atoms with Crippen LogP contribution in [0.1, 0.15) is 35.1 Å². The molecule has 0 aliphatic heterocycles. The summed E-state index contributed by atoms with van der Waals surface area (Å²) in [5.74, 6) is 1.44. The molecule has 0 unspecified atom stereocenters. The quantitative estimate of drug-likeness (QED) is 0.0973. The zero-order valence-corrected chi connectivity index (χ0v) is 22.6. The summed E-state index contributed by atoms with van der Waals surface area (Å²) in [5.41, 5.74) is 7.20. The lowest BCUT2D eigenvalue weighted by atomic mass is 9.88. The maximum absolute atomic E-state index is 6.27. The van der Waals surface area contributed by atoms with Gasteiger partial charge in [0, 0.05) is 12.4 Å². The van der Waals surface area contributed by atoms with Crippen LogP contribution in [0.25, 0.3) is 11.1 Å². The summed E-state index contributed by atoms with van der Waals surface area (Å²) in [6.45, 7) is 3.75. The van der Waals surface area contributed by atoms with E-state index in [4.69, 9.17) is 21.1 Å². The monoisotopic (exact) mass is 525 g/mol. The van der Waals surface area contributed by atoms with Crippen molar-refractivity contribution in [1.29, 1.82) is 0 Å². The van der Waals surface area contributed by atoms with Gasteiger partial charge in [0.05, 0.1) is 19.8 Å². The molecule has 0 heterocycles. The number of benzene rings is 4. The third-order valence-corrected chi connectivity index (χ3v) is 6.46. The van der Waals surface area contributed by atoms with Crippen LogP contribution in [-0.2, 0) is 11.3 Å². The molecule has 0 aromatic heterocycles. The van der Waals surface area contributed by atoms with E-state index in [1.807, 2.05) is 24.3 Å². The van der Waals surface area contributed by atoms with Gasteiger partial charge in [0.1, 0.15) is 5.75 Å². The summed E-state index contributed by atoms with van der Waals surface area (Å²) < 4.78 is 11.7. The molecule has 0 aliphatic rings. The Morgan fingerprint density at radius 3 is 1.89 bits per heavy atom. The minimum atomic E-state index is 0.564. The molecule has 1 N–H and O–H groups in total. The summed E-state index contributed by atoms with van der Waals surface area (Å²) in [4.78, 5) is 0. The van der Waals surface area contributed by atoms with E-state index < -0.39 is 0 Å². The molecule has 0 saturated heterocycles. The third kappa shape index (κ3) is 8.59. The Morgan fingerprint density at radius 1 is 0.632 bits per heavy atom. The molecule has 38 heavy (non-hydrogen) atoms. The Labute approximate surface area is 232 Å². The van der Waals surface area contributed by atoms with Crippen LogP contribution < -0.4 is 10.1 Å². The second kappa shape index (κ2) is 15.8. The first kappa shape index (κ1) is 27.7. The second-order valence-electron chi connectivity index (χ2n) is 9.04. The smallest absolute Gasteiger partial charge is 0.119 e. The van der Waals surface area contributed by atoms with Crippen LogP contribution in [0.4, 0.5) is 0 Å². The van der Waals surface area contributed by atoms with Crippen molar-refractivity contribution in [3.63, 3.8) is 0 Å². The van der Waals surface area contributed by atoms with Crippen LogP contribution in [0.15, 0.2) is 115 Å². The maximum atomic E-state index is 6.27. The lowest BCUT2D eigenvalue weighted by molar-refractivity contribution is 0.122. The fourth-order valence-corrected chi connectivity index (χ4v) is 4.60. The molecule has 4 rings (SSSR count). The molecule has 0 saturated carbocycles. The van der Waals surface area contributed by atoms with Crippen LogP contribution in [0.2, 0.25) is 0 Å². The highest BCUT2D eigenvalue weighted by Gasteiger charge is 2.14. The predicted octanol–water partition coefficient (Wildman–Crippen LogP) is 7.85. The topological polar surface area (TPSA) is 30.5 Å². The summed E-state index contributed by atoms with van der Waals surface area (Å²) in [6.07, 6.45) is 1.72. The third-order valence-electron chi connectivity index (χ3n) is 6.28. The number of allylic oxidation sites excluding steroid dienone is 1. The molecule has 0 spiro atoms. The number of alkyl halides is 1. The molecule has 0 aliphatic carbocycles. The fourth-order valence-electron chi connectivity index (χ4n) is 4.41. The Kier molecular flexibility index (Phi) is 11.5. The highest BCUT2D eigenvalue weighted by Crippen LogP contribution is 2.35. The molecule has 4 aromatic carbocycles. The van der Waals surface area contributed by atoms with E-state index in [1.165, 1.54) is 27.8 Å². The molecule has 3 nitrogen and oxygen atoms in total. The molecule has 4 aromatic rings. The standard InChI is InChI=1S/C34H36ClNO2/c35-22-21-33(29-13-6-2-7-14-29)34(30-15-8-3-9-16-30)31-17-19-32(20-18-31)38-25-10-23-36-24-26-37-27-28-11-4-1-5-12-28/h1-9,11-20,36H,10,21-27H2. The number of hydrogen-bond donors (Lipinski definition) is 1. The lowest BCUT2D eigenvalue weighted by Gasteiger charge is -2.17. The summed E-state index contributed by atoms with van der Waals surface area (Å²) >= 11 is 6.27. The van der Waals surface area contributed by atoms with Gasteiger partial charge in [-0.3, -0.25) is 0 Å². The van der Waals surface area contributed by atoms with Gasteiger partial charge in [0.2, 0.25) is 0 Å². The van der Waals surface area contributed by atoms with Gasteiger partial charge in [-0.2, -0.15) is 0 Å². The van der Waals surface area contributed by atoms with E-state index in [2.05, 4.69) is 96.3 Å². The molecule has 0 radical (unpaired) electrons. The van der Waals surface area contributed by atoms with E-state index in [0.717, 1.165) is 37.2 Å². The SMILES string of the molecule is ClCCC(=C(c1ccccc1)c1ccc(OCCCNCCOCc2ccccc2)cc1)c1ccccc1. The van der Waals surface area contributed by atoms with Crippen molar-refractivity contribution in [2.24, 2.45) is 0 Å². The summed E-state index contributed by atoms with van der Waals surface area (Å²) in [6, 6.07) is 39.7. The first-order chi connectivity index (χ1) is 18.8. The van der Waals surface area contributed by atoms with Crippen molar-refractivity contribution >= 4 is 22.7 Å². The lowest BCUT2D eigenvalue weighted by Crippen LogP contribution is -2.22. The van der Waals surface area contributed by atoms with Gasteiger partial charge >= 0.3 is 0 Å². The first-order valence-electron chi connectivity index (χ1n) is 13.3. The largest absolute Gasteiger partial charge is 0.494 e. The predicted molar refractivity (Wildman–Crippen MR) is 160 cm³/mol. The van der Waals surface area contributed by atoms with Crippen molar-refractivity contribution in [3.8, 4) is 5.75 Å². The van der Waals surface area contributed by atoms with Crippen molar-refractivity contribution < 1.29 is 9.47 Å². The van der Waals surface area contributed by atoms with E-state index in [0.29, 0.717) is 25.7 Å². The number of halogens is 1. The molecule has 0 atom stereocenters. The Hall–Kier alpha value is -3.37. The normalized spacial score (nSPS) is 11.7. The number of rotatable bonds is 15. The van der Waals surface area contributed by atoms with E-state index in [9.17, 15) is 0 Å². The second-order valence-corrected chi connectivity index (χ2v) is 9.42. The molecule has 196 valence electrons. The average molecular weight is 526 g/mol. The Morgan fingerprint density at radius 2 is 1.24 bits per heavy atom. The van der Waals surface area contributed by atoms with Crippen LogP contribution in [0, 0.1) is 0 Å². The van der Waals surface area contributed by atoms with E-state index in [1.54, 1.807) is 0 Å². The number of ether oxygens (including phenoxy) is 2. The molecule has 0 amide bonds. The van der Waals surface area contributed by atoms with E-state index in [-0.39, 0.29) is 0 Å². The fraction of sp³-hybridized carbons (Fsp3) is 0.235. The Balaban J connectivity index is 1.30. The van der Waals surface area contributed by atoms with Gasteiger partial charge in [-0.05, 0) is 64.9 Å². The van der Waals surface area contributed by atoms with Gasteiger partial charge < -0.3 is 14.8 Å². The Bertz CT molecular complexity index is 1230. The van der Waals surface area contributed by atoms with Crippen molar-refractivity contribution in [3.05, 3.63) is 138 Å². The van der Waals surface area contributed by atoms with Crippen LogP contribution in [-0.4, -0.2) is 32.2 Å². The van der Waals surface area contributed by atoms with Gasteiger partial charge in [-0.25, -0.2) is 0 Å². The maximum Gasteiger partial charge on any atom is 0.119 e. The first-order valence-corrected chi connectivity index (χ1v) is 13.8. The molecule has 0 bridgehead atoms. The summed E-state index contributed by atoms with van der Waals surface area (Å²) in [5, 5.41) is 3.42. The van der Waals surface area contributed by atoms with Crippen LogP contribution in [0.5, 0.6) is 5.75 Å². The summed E-state index contributed by atoms with van der Waals surface area (Å²) in [7, 11) is 0. The molecular formula is C34H36ClNO2. The zero-order chi connectivity index (χ0) is 26.3. The highest BCUT2D eigenvalue weighted by atomic mass is 35.5. The van der Waals surface area contributed by atoms with Gasteiger partial charge in [-0.1, -0.05) is 103 Å². The van der Waals surface area contributed by atoms with Gasteiger partial charge in [0.15, 0.2) is 0 Å². The average Bonchev–Trinajstić information content (AvgIpc) is 2.98.